The van der Waals surface area contributed by atoms with Crippen LogP contribution in [0, 0.1) is 28.6 Å². The molecule has 5 aliphatic rings. The predicted octanol–water partition coefficient (Wildman–Crippen LogP) is 5.07. The predicted molar refractivity (Wildman–Crippen MR) is 151 cm³/mol. The van der Waals surface area contributed by atoms with E-state index in [4.69, 9.17) is 14.5 Å². The highest BCUT2D eigenvalue weighted by atomic mass is 32.2. The fourth-order valence-electron chi connectivity index (χ4n) is 9.18. The second-order valence-electron chi connectivity index (χ2n) is 13.2. The number of ketones is 2. The number of thioether (sulfide) groups is 1. The highest BCUT2D eigenvalue weighted by molar-refractivity contribution is 7.99. The van der Waals surface area contributed by atoms with Crippen molar-refractivity contribution in [2.45, 2.75) is 82.0 Å². The molecule has 210 valence electrons. The third kappa shape index (κ3) is 3.62. The molecule has 1 aromatic carbocycles. The van der Waals surface area contributed by atoms with E-state index in [9.17, 15) is 14.7 Å². The molecule has 8 heteroatoms. The highest BCUT2D eigenvalue weighted by Crippen LogP contribution is 2.70. The first-order valence-corrected chi connectivity index (χ1v) is 15.3. The van der Waals surface area contributed by atoms with Gasteiger partial charge in [0.25, 0.3) is 0 Å². The SMILES string of the molecule is CC1(C)O[C@@H]2CC3C4CCC5=CC(=O)C=CC5(C)C4C(O)CC3(C)[C@]2(C(=O)CSc2cnc3ccccc3n2)O1. The van der Waals surface area contributed by atoms with Crippen LogP contribution in [0.15, 0.2) is 59.3 Å². The van der Waals surface area contributed by atoms with Crippen molar-refractivity contribution < 1.29 is 24.2 Å². The average Bonchev–Trinajstić information content (AvgIpc) is 3.32. The number of aromatic nitrogens is 2. The van der Waals surface area contributed by atoms with Crippen molar-refractivity contribution in [1.82, 2.24) is 9.97 Å². The number of aliphatic hydroxyl groups excluding tert-OH is 1. The van der Waals surface area contributed by atoms with Crippen molar-refractivity contribution >= 4 is 34.4 Å². The van der Waals surface area contributed by atoms with Gasteiger partial charge in [-0.2, -0.15) is 0 Å². The van der Waals surface area contributed by atoms with Gasteiger partial charge in [-0.3, -0.25) is 14.6 Å². The lowest BCUT2D eigenvalue weighted by molar-refractivity contribution is -0.223. The number of carbonyl (C=O) groups excluding carboxylic acids is 2. The number of hydrogen-bond acceptors (Lipinski definition) is 8. The number of aliphatic hydroxyl groups is 1. The van der Waals surface area contributed by atoms with Gasteiger partial charge >= 0.3 is 0 Å². The van der Waals surface area contributed by atoms with Crippen molar-refractivity contribution in [3.8, 4) is 0 Å². The van der Waals surface area contributed by atoms with Gasteiger partial charge in [-0.05, 0) is 75.7 Å². The molecule has 0 amide bonds. The first kappa shape index (κ1) is 26.5. The number of fused-ring (bicyclic) bond motifs is 8. The number of para-hydroxylation sites is 2. The molecule has 40 heavy (non-hydrogen) atoms. The van der Waals surface area contributed by atoms with E-state index in [1.165, 1.54) is 11.8 Å². The summed E-state index contributed by atoms with van der Waals surface area (Å²) in [7, 11) is 0. The normalized spacial score (nSPS) is 41.2. The third-order valence-electron chi connectivity index (χ3n) is 10.7. The molecule has 0 spiro atoms. The summed E-state index contributed by atoms with van der Waals surface area (Å²) in [5.41, 5.74) is 0.626. The maximum Gasteiger partial charge on any atom is 0.178 e. The molecule has 8 atom stereocenters. The van der Waals surface area contributed by atoms with Crippen molar-refractivity contribution in [3.63, 3.8) is 0 Å². The van der Waals surface area contributed by atoms with Gasteiger partial charge in [0.05, 0.1) is 35.2 Å². The monoisotopic (exact) mass is 560 g/mol. The summed E-state index contributed by atoms with van der Waals surface area (Å²) in [6.07, 6.45) is 9.02. The summed E-state index contributed by atoms with van der Waals surface area (Å²) in [4.78, 5) is 35.8. The summed E-state index contributed by atoms with van der Waals surface area (Å²) in [6.45, 7) is 8.07. The van der Waals surface area contributed by atoms with E-state index in [1.54, 1.807) is 18.3 Å². The van der Waals surface area contributed by atoms with Gasteiger partial charge in [0, 0.05) is 16.7 Å². The Kier molecular flexibility index (Phi) is 5.83. The maximum absolute atomic E-state index is 14.4. The van der Waals surface area contributed by atoms with Crippen LogP contribution in [-0.4, -0.2) is 56.0 Å². The fourth-order valence-corrected chi connectivity index (χ4v) is 9.96. The van der Waals surface area contributed by atoms with Crippen molar-refractivity contribution in [3.05, 3.63) is 54.3 Å². The maximum atomic E-state index is 14.4. The van der Waals surface area contributed by atoms with Crippen molar-refractivity contribution in [1.29, 1.82) is 0 Å². The first-order chi connectivity index (χ1) is 19.0. The van der Waals surface area contributed by atoms with Crippen LogP contribution in [0.5, 0.6) is 0 Å². The first-order valence-electron chi connectivity index (χ1n) is 14.4. The zero-order valence-electron chi connectivity index (χ0n) is 23.4. The quantitative estimate of drug-likeness (QED) is 0.518. The van der Waals surface area contributed by atoms with Gasteiger partial charge in [0.1, 0.15) is 5.03 Å². The third-order valence-corrected chi connectivity index (χ3v) is 11.6. The molecule has 6 unspecified atom stereocenters. The molecule has 7 nitrogen and oxygen atoms in total. The molecule has 1 saturated heterocycles. The fraction of sp³-hybridized carbons (Fsp3) is 0.562. The topological polar surface area (TPSA) is 98.6 Å². The molecule has 1 N–H and O–H groups in total. The van der Waals surface area contributed by atoms with Crippen LogP contribution in [0.4, 0.5) is 0 Å². The second kappa shape index (κ2) is 8.81. The molecule has 0 radical (unpaired) electrons. The van der Waals surface area contributed by atoms with E-state index in [0.29, 0.717) is 11.4 Å². The van der Waals surface area contributed by atoms with Gasteiger partial charge in [-0.15, -0.1) is 0 Å². The van der Waals surface area contributed by atoms with Gasteiger partial charge in [-0.25, -0.2) is 4.98 Å². The van der Waals surface area contributed by atoms with Crippen LogP contribution in [0.2, 0.25) is 0 Å². The molecule has 1 aromatic heterocycles. The minimum atomic E-state index is -1.15. The van der Waals surface area contributed by atoms with E-state index >= 15 is 0 Å². The Hall–Kier alpha value is -2.39. The lowest BCUT2D eigenvalue weighted by Crippen LogP contribution is -2.63. The van der Waals surface area contributed by atoms with E-state index < -0.39 is 22.9 Å². The molecule has 1 aliphatic heterocycles. The highest BCUT2D eigenvalue weighted by Gasteiger charge is 2.76. The number of benzene rings is 1. The van der Waals surface area contributed by atoms with Crippen LogP contribution < -0.4 is 0 Å². The Balaban J connectivity index is 1.22. The minimum Gasteiger partial charge on any atom is -0.393 e. The van der Waals surface area contributed by atoms with E-state index in [2.05, 4.69) is 18.8 Å². The van der Waals surface area contributed by atoms with Crippen molar-refractivity contribution in [2.75, 3.05) is 5.75 Å². The van der Waals surface area contributed by atoms with Crippen molar-refractivity contribution in [2.24, 2.45) is 28.6 Å². The molecule has 2 aromatic rings. The Morgan fingerprint density at radius 3 is 2.75 bits per heavy atom. The summed E-state index contributed by atoms with van der Waals surface area (Å²) in [6, 6.07) is 7.70. The van der Waals surface area contributed by atoms with Crippen LogP contribution >= 0.6 is 11.8 Å². The van der Waals surface area contributed by atoms with Crippen LogP contribution in [0.1, 0.15) is 53.4 Å². The van der Waals surface area contributed by atoms with Gasteiger partial charge in [-0.1, -0.05) is 49.4 Å². The van der Waals surface area contributed by atoms with Gasteiger partial charge in [0.2, 0.25) is 0 Å². The molecule has 4 fully saturated rings. The Labute approximate surface area is 238 Å². The largest absolute Gasteiger partial charge is 0.393 e. The minimum absolute atomic E-state index is 0.00977. The number of hydrogen-bond donors (Lipinski definition) is 1. The smallest absolute Gasteiger partial charge is 0.178 e. The van der Waals surface area contributed by atoms with Gasteiger partial charge in [0.15, 0.2) is 23.0 Å². The zero-order chi connectivity index (χ0) is 28.1. The van der Waals surface area contributed by atoms with E-state index in [1.807, 2.05) is 44.2 Å². The molecule has 0 bridgehead atoms. The lowest BCUT2D eigenvalue weighted by atomic mass is 9.46. The summed E-state index contributed by atoms with van der Waals surface area (Å²) in [5, 5.41) is 12.6. The van der Waals surface area contributed by atoms with Crippen LogP contribution in [0.25, 0.3) is 11.0 Å². The summed E-state index contributed by atoms with van der Waals surface area (Å²) in [5.74, 6) is -0.367. The molecule has 7 rings (SSSR count). The Bertz CT molecular complexity index is 1490. The number of carbonyl (C=O) groups is 2. The molecular formula is C32H36N2O5S. The molecular weight excluding hydrogens is 524 g/mol. The number of allylic oxidation sites excluding steroid dienone is 4. The Morgan fingerprint density at radius 2 is 1.95 bits per heavy atom. The zero-order valence-corrected chi connectivity index (χ0v) is 24.2. The van der Waals surface area contributed by atoms with Gasteiger partial charge < -0.3 is 14.6 Å². The number of Topliss-reactive ketones (excluding diaryl/α,β-unsaturated/α-hetero) is 1. The number of nitrogens with zero attached hydrogens (tertiary/aromatic N) is 2. The summed E-state index contributed by atoms with van der Waals surface area (Å²) < 4.78 is 13.2. The summed E-state index contributed by atoms with van der Waals surface area (Å²) >= 11 is 1.38. The number of ether oxygens (including phenoxy) is 2. The van der Waals surface area contributed by atoms with E-state index in [0.717, 1.165) is 35.9 Å². The standard InChI is InChI=1S/C32H36N2O5S/c1-29(2)38-26-14-21-20-10-9-18-13-19(35)11-12-30(18,3)28(20)24(36)15-31(21,4)32(26,39-29)25(37)17-40-27-16-33-22-7-5-6-8-23(22)34-27/h5-8,11-13,16,20-21,24,26,28,36H,9-10,14-15,17H2,1-4H3/t20?,21?,24?,26-,28?,30?,31?,32-/m1/s1. The average molecular weight is 561 g/mol. The molecule has 4 aliphatic carbocycles. The molecule has 2 heterocycles. The molecule has 3 saturated carbocycles. The lowest BCUT2D eigenvalue weighted by Gasteiger charge is -2.60. The van der Waals surface area contributed by atoms with Crippen LogP contribution in [0.3, 0.4) is 0 Å². The number of rotatable bonds is 4. The Morgan fingerprint density at radius 1 is 1.18 bits per heavy atom. The van der Waals surface area contributed by atoms with Crippen LogP contribution in [-0.2, 0) is 19.1 Å². The second-order valence-corrected chi connectivity index (χ2v) is 14.2. The van der Waals surface area contributed by atoms with E-state index in [-0.39, 0.29) is 46.6 Å².